The van der Waals surface area contributed by atoms with Gasteiger partial charge >= 0.3 is 11.9 Å². The number of carbonyl (C=O) groups is 3. The number of unbranched alkanes of at least 4 members (excludes halogenated alkanes) is 22. The van der Waals surface area contributed by atoms with E-state index in [-0.39, 0.29) is 38.6 Å². The Morgan fingerprint density at radius 2 is 0.934 bits per heavy atom. The number of ether oxygens (including phenoxy) is 4. The number of allylic oxidation sites excluding steroid dienone is 8. The van der Waals surface area contributed by atoms with Crippen molar-refractivity contribution in [1.82, 2.24) is 0 Å². The van der Waals surface area contributed by atoms with Gasteiger partial charge in [-0.1, -0.05) is 204 Å². The molecule has 0 heterocycles. The summed E-state index contributed by atoms with van der Waals surface area (Å²) in [5.74, 6) is -2.39. The van der Waals surface area contributed by atoms with Gasteiger partial charge in [0.25, 0.3) is 0 Å². The molecule has 0 aromatic rings. The van der Waals surface area contributed by atoms with Crippen molar-refractivity contribution < 1.29 is 42.9 Å². The number of hydrogen-bond acceptors (Lipinski definition) is 8. The van der Waals surface area contributed by atoms with E-state index in [2.05, 4.69) is 50.3 Å². The highest BCUT2D eigenvalue weighted by atomic mass is 16.7. The summed E-state index contributed by atoms with van der Waals surface area (Å²) >= 11 is 0. The summed E-state index contributed by atoms with van der Waals surface area (Å²) in [5.41, 5.74) is 0. The van der Waals surface area contributed by atoms with Crippen LogP contribution in [0.3, 0.4) is 0 Å². The molecule has 354 valence electrons. The summed E-state index contributed by atoms with van der Waals surface area (Å²) in [6.45, 7) is 4.55. The molecular formula is C52H93NO8. The molecule has 0 aliphatic rings. The van der Waals surface area contributed by atoms with Crippen LogP contribution in [-0.2, 0) is 33.3 Å². The van der Waals surface area contributed by atoms with Gasteiger partial charge < -0.3 is 33.3 Å². The minimum atomic E-state index is -1.64. The second-order valence-electron chi connectivity index (χ2n) is 17.7. The predicted molar refractivity (Wildman–Crippen MR) is 251 cm³/mol. The molecular weight excluding hydrogens is 767 g/mol. The number of carbonyl (C=O) groups excluding carboxylic acids is 3. The molecule has 9 nitrogen and oxygen atoms in total. The van der Waals surface area contributed by atoms with Crippen LogP contribution in [0.4, 0.5) is 0 Å². The number of nitrogens with zero attached hydrogens (tertiary/aromatic N) is 1. The fraction of sp³-hybridized carbons (Fsp3) is 0.788. The normalized spacial score (nSPS) is 13.3. The van der Waals surface area contributed by atoms with Crippen molar-refractivity contribution in [2.45, 2.75) is 219 Å². The third-order valence-corrected chi connectivity index (χ3v) is 10.6. The smallest absolute Gasteiger partial charge is 0.306 e. The molecule has 9 heteroatoms. The summed E-state index contributed by atoms with van der Waals surface area (Å²) in [6, 6.07) is 0. The number of quaternary nitrogens is 1. The molecule has 0 spiro atoms. The van der Waals surface area contributed by atoms with Gasteiger partial charge in [-0.05, 0) is 38.5 Å². The number of aliphatic carboxylic acids is 1. The average molecular weight is 860 g/mol. The van der Waals surface area contributed by atoms with Gasteiger partial charge in [0.15, 0.2) is 12.4 Å². The van der Waals surface area contributed by atoms with Crippen LogP contribution in [0.5, 0.6) is 0 Å². The van der Waals surface area contributed by atoms with Crippen LogP contribution in [0.1, 0.15) is 206 Å². The van der Waals surface area contributed by atoms with E-state index in [1.54, 1.807) is 0 Å². The highest BCUT2D eigenvalue weighted by Gasteiger charge is 2.21. The molecule has 0 saturated carbocycles. The topological polar surface area (TPSA) is 111 Å². The van der Waals surface area contributed by atoms with Crippen molar-refractivity contribution in [3.05, 3.63) is 48.6 Å². The highest BCUT2D eigenvalue weighted by Crippen LogP contribution is 2.16. The fourth-order valence-electron chi connectivity index (χ4n) is 6.79. The van der Waals surface area contributed by atoms with E-state index in [1.807, 2.05) is 33.3 Å². The lowest BCUT2D eigenvalue weighted by molar-refractivity contribution is -0.870. The molecule has 0 amide bonds. The Bertz CT molecular complexity index is 1140. The van der Waals surface area contributed by atoms with Gasteiger partial charge in [0, 0.05) is 12.8 Å². The zero-order chi connectivity index (χ0) is 44.9. The Balaban J connectivity index is 4.30. The monoisotopic (exact) mass is 860 g/mol. The van der Waals surface area contributed by atoms with Gasteiger partial charge in [-0.3, -0.25) is 9.59 Å². The predicted octanol–water partition coefficient (Wildman–Crippen LogP) is 12.2. The first-order chi connectivity index (χ1) is 29.6. The van der Waals surface area contributed by atoms with Crippen LogP contribution in [0.15, 0.2) is 48.6 Å². The Morgan fingerprint density at radius 1 is 0.508 bits per heavy atom. The minimum Gasteiger partial charge on any atom is -0.545 e. The third-order valence-electron chi connectivity index (χ3n) is 10.6. The van der Waals surface area contributed by atoms with Crippen molar-refractivity contribution in [2.24, 2.45) is 0 Å². The lowest BCUT2D eigenvalue weighted by Crippen LogP contribution is -2.44. The summed E-state index contributed by atoms with van der Waals surface area (Å²) in [6.07, 6.45) is 49.0. The SMILES string of the molecule is CC/C=C\C/C=C\C/C=C\C/C=C\CCC(=O)OC(COC(=O)CCCCCCCCCCCCCCCCCCCCCCCCC)COC(OCC[N+](C)(C)C)C(=O)[O-]. The largest absolute Gasteiger partial charge is 0.545 e. The molecule has 0 fully saturated rings. The van der Waals surface area contributed by atoms with Crippen molar-refractivity contribution >= 4 is 17.9 Å². The van der Waals surface area contributed by atoms with Crippen LogP contribution in [0, 0.1) is 0 Å². The summed E-state index contributed by atoms with van der Waals surface area (Å²) in [4.78, 5) is 37.0. The number of likely N-dealkylation sites (N-methyl/N-ethyl adjacent to an activating group) is 1. The Hall–Kier alpha value is -2.75. The van der Waals surface area contributed by atoms with Crippen LogP contribution >= 0.6 is 0 Å². The Morgan fingerprint density at radius 3 is 1.36 bits per heavy atom. The van der Waals surface area contributed by atoms with Crippen molar-refractivity contribution in [3.63, 3.8) is 0 Å². The van der Waals surface area contributed by atoms with Gasteiger partial charge in [-0.15, -0.1) is 0 Å². The standard InChI is InChI=1S/C52H93NO8/c1-6-8-10-12-14-16-18-20-21-22-23-24-25-26-27-28-29-31-32-34-36-38-40-42-49(54)59-46-48(47-60-52(51(56)57)58-45-44-53(3,4)5)61-50(55)43-41-39-37-35-33-30-19-17-15-13-11-9-7-2/h9,11,15,17,30,33,37,39,48,52H,6-8,10,12-14,16,18-29,31-32,34-36,38,40-47H2,1-5H3/b11-9-,17-15-,33-30-,39-37-. The summed E-state index contributed by atoms with van der Waals surface area (Å²) in [7, 11) is 5.89. The third kappa shape index (κ3) is 45.1. The Kier molecular flexibility index (Phi) is 41.9. The number of carboxylic acids is 1. The van der Waals surface area contributed by atoms with E-state index >= 15 is 0 Å². The van der Waals surface area contributed by atoms with Gasteiger partial charge in [-0.25, -0.2) is 0 Å². The summed E-state index contributed by atoms with van der Waals surface area (Å²) in [5, 5.41) is 11.7. The van der Waals surface area contributed by atoms with Crippen LogP contribution in [0.2, 0.25) is 0 Å². The maximum Gasteiger partial charge on any atom is 0.306 e. The second-order valence-corrected chi connectivity index (χ2v) is 17.7. The van der Waals surface area contributed by atoms with Gasteiger partial charge in [-0.2, -0.15) is 0 Å². The molecule has 0 aromatic carbocycles. The molecule has 2 atom stereocenters. The van der Waals surface area contributed by atoms with E-state index in [4.69, 9.17) is 18.9 Å². The number of hydrogen-bond donors (Lipinski definition) is 0. The van der Waals surface area contributed by atoms with Gasteiger partial charge in [0.1, 0.15) is 13.2 Å². The summed E-state index contributed by atoms with van der Waals surface area (Å²) < 4.78 is 22.5. The first-order valence-corrected chi connectivity index (χ1v) is 24.8. The quantitative estimate of drug-likeness (QED) is 0.0196. The molecule has 0 bridgehead atoms. The molecule has 0 aliphatic carbocycles. The van der Waals surface area contributed by atoms with E-state index in [0.717, 1.165) is 44.9 Å². The first-order valence-electron chi connectivity index (χ1n) is 24.8. The molecule has 0 saturated heterocycles. The average Bonchev–Trinajstić information content (AvgIpc) is 3.22. The zero-order valence-corrected chi connectivity index (χ0v) is 40.0. The van der Waals surface area contributed by atoms with Crippen LogP contribution < -0.4 is 5.11 Å². The van der Waals surface area contributed by atoms with Crippen molar-refractivity contribution in [1.29, 1.82) is 0 Å². The molecule has 2 unspecified atom stereocenters. The second kappa shape index (κ2) is 43.9. The van der Waals surface area contributed by atoms with E-state index < -0.39 is 24.3 Å². The van der Waals surface area contributed by atoms with Crippen molar-refractivity contribution in [3.8, 4) is 0 Å². The Labute approximate surface area is 374 Å². The molecule has 0 rings (SSSR count). The number of carboxylic acid groups (broad SMARTS) is 1. The van der Waals surface area contributed by atoms with E-state index in [0.29, 0.717) is 17.4 Å². The van der Waals surface area contributed by atoms with Crippen LogP contribution in [0.25, 0.3) is 0 Å². The van der Waals surface area contributed by atoms with Crippen molar-refractivity contribution in [2.75, 3.05) is 47.5 Å². The number of esters is 2. The molecule has 0 N–H and O–H groups in total. The van der Waals surface area contributed by atoms with Gasteiger partial charge in [0.05, 0.1) is 40.3 Å². The van der Waals surface area contributed by atoms with Gasteiger partial charge in [0.2, 0.25) is 0 Å². The lowest BCUT2D eigenvalue weighted by atomic mass is 10.0. The number of rotatable bonds is 45. The molecule has 0 aliphatic heterocycles. The molecule has 0 aromatic heterocycles. The molecule has 0 radical (unpaired) electrons. The lowest BCUT2D eigenvalue weighted by Gasteiger charge is -2.26. The zero-order valence-electron chi connectivity index (χ0n) is 40.0. The van der Waals surface area contributed by atoms with E-state index in [1.165, 1.54) is 128 Å². The molecule has 61 heavy (non-hydrogen) atoms. The maximum atomic E-state index is 12.7. The fourth-order valence-corrected chi connectivity index (χ4v) is 6.79. The highest BCUT2D eigenvalue weighted by molar-refractivity contribution is 5.70. The van der Waals surface area contributed by atoms with E-state index in [9.17, 15) is 19.5 Å². The maximum absolute atomic E-state index is 12.7. The van der Waals surface area contributed by atoms with Crippen LogP contribution in [-0.4, -0.2) is 82.3 Å². The first kappa shape index (κ1) is 58.2. The minimum absolute atomic E-state index is 0.127.